The number of carbonyl (C=O) groups is 1. The fourth-order valence-corrected chi connectivity index (χ4v) is 4.90. The molecule has 1 N–H and O–H groups in total. The van der Waals surface area contributed by atoms with Gasteiger partial charge in [-0.15, -0.1) is 0 Å². The first-order valence-corrected chi connectivity index (χ1v) is 9.98. The van der Waals surface area contributed by atoms with Crippen LogP contribution in [-0.2, 0) is 27.4 Å². The first-order valence-electron chi connectivity index (χ1n) is 8.54. The Kier molecular flexibility index (Phi) is 5.16. The minimum absolute atomic E-state index is 0.0380. The van der Waals surface area contributed by atoms with Gasteiger partial charge in [-0.1, -0.05) is 6.07 Å². The molecule has 3 rings (SSSR count). The van der Waals surface area contributed by atoms with Crippen LogP contribution in [0.15, 0.2) is 41.3 Å². The molecule has 0 saturated carbocycles. The van der Waals surface area contributed by atoms with Gasteiger partial charge in [-0.3, -0.25) is 4.79 Å². The largest absolute Gasteiger partial charge is 0.481 e. The third-order valence-corrected chi connectivity index (χ3v) is 6.05. The number of benzene rings is 1. The monoisotopic (exact) mass is 426 g/mol. The van der Waals surface area contributed by atoms with Crippen molar-refractivity contribution in [2.24, 2.45) is 0 Å². The average Bonchev–Trinajstić information content (AvgIpc) is 2.96. The van der Waals surface area contributed by atoms with E-state index in [2.05, 4.69) is 4.98 Å². The topological polar surface area (TPSA) is 89.3 Å². The van der Waals surface area contributed by atoms with E-state index >= 15 is 0 Å². The normalized spacial score (nSPS) is 12.4. The summed E-state index contributed by atoms with van der Waals surface area (Å²) in [5, 5.41) is 8.96. The fourth-order valence-electron chi connectivity index (χ4n) is 3.15. The van der Waals surface area contributed by atoms with Gasteiger partial charge in [0, 0.05) is 5.69 Å². The maximum absolute atomic E-state index is 13.3. The Morgan fingerprint density at radius 2 is 1.72 bits per heavy atom. The van der Waals surface area contributed by atoms with Crippen LogP contribution < -0.4 is 0 Å². The van der Waals surface area contributed by atoms with Crippen molar-refractivity contribution in [3.05, 3.63) is 58.9 Å². The van der Waals surface area contributed by atoms with Crippen molar-refractivity contribution < 1.29 is 31.5 Å². The summed E-state index contributed by atoms with van der Waals surface area (Å²) in [5.74, 6) is -1.16. The number of alkyl halides is 3. The molecule has 0 aliphatic carbocycles. The van der Waals surface area contributed by atoms with Gasteiger partial charge in [-0.2, -0.15) is 13.2 Å². The van der Waals surface area contributed by atoms with Gasteiger partial charge in [0.2, 0.25) is 0 Å². The van der Waals surface area contributed by atoms with E-state index in [1.807, 2.05) is 0 Å². The Morgan fingerprint density at radius 1 is 1.10 bits per heavy atom. The van der Waals surface area contributed by atoms with E-state index in [0.29, 0.717) is 17.2 Å². The molecule has 0 amide bonds. The van der Waals surface area contributed by atoms with Gasteiger partial charge < -0.3 is 5.11 Å². The van der Waals surface area contributed by atoms with Crippen molar-refractivity contribution >= 4 is 27.0 Å². The number of hydrogen-bond acceptors (Lipinski definition) is 4. The summed E-state index contributed by atoms with van der Waals surface area (Å²) in [5.41, 5.74) is 0.0732. The Hall–Kier alpha value is -2.88. The summed E-state index contributed by atoms with van der Waals surface area (Å²) in [7, 11) is -4.19. The summed E-state index contributed by atoms with van der Waals surface area (Å²) in [4.78, 5) is 14.5. The molecule has 29 heavy (non-hydrogen) atoms. The van der Waals surface area contributed by atoms with Crippen LogP contribution in [-0.4, -0.2) is 28.5 Å². The fraction of sp³-hybridized carbons (Fsp3) is 0.263. The van der Waals surface area contributed by atoms with Crippen molar-refractivity contribution in [2.75, 3.05) is 0 Å². The van der Waals surface area contributed by atoms with Crippen molar-refractivity contribution in [1.82, 2.24) is 8.96 Å². The first kappa shape index (κ1) is 20.8. The van der Waals surface area contributed by atoms with Crippen LogP contribution in [0.5, 0.6) is 0 Å². The number of aliphatic carboxylic acids is 1. The highest BCUT2D eigenvalue weighted by molar-refractivity contribution is 7.90. The van der Waals surface area contributed by atoms with Crippen LogP contribution in [0.2, 0.25) is 0 Å². The summed E-state index contributed by atoms with van der Waals surface area (Å²) < 4.78 is 66.5. The van der Waals surface area contributed by atoms with Crippen molar-refractivity contribution in [1.29, 1.82) is 0 Å². The van der Waals surface area contributed by atoms with Crippen LogP contribution in [0.25, 0.3) is 11.0 Å². The number of aryl methyl sites for hydroxylation is 3. The summed E-state index contributed by atoms with van der Waals surface area (Å²) in [6, 6.07) is 7.62. The number of nitrogens with zero attached hydrogens (tertiary/aromatic N) is 2. The van der Waals surface area contributed by atoms with E-state index < -0.39 is 27.9 Å². The second kappa shape index (κ2) is 7.18. The molecule has 3 aromatic rings. The van der Waals surface area contributed by atoms with E-state index in [9.17, 15) is 26.4 Å². The van der Waals surface area contributed by atoms with Crippen molar-refractivity contribution in [2.45, 2.75) is 37.8 Å². The van der Waals surface area contributed by atoms with Gasteiger partial charge in [0.25, 0.3) is 10.0 Å². The van der Waals surface area contributed by atoms with E-state index in [-0.39, 0.29) is 34.5 Å². The first-order chi connectivity index (χ1) is 13.4. The van der Waals surface area contributed by atoms with Gasteiger partial charge >= 0.3 is 12.1 Å². The number of pyridine rings is 1. The standard InChI is InChI=1S/C19H17F3N2O4S/c1-11-7-12(2)9-14(8-11)29(27,28)24-13(3-6-18(25)26)10-15-16(24)4-5-17(23-15)19(20,21)22/h4-5,7-10H,3,6H2,1-2H3,(H,25,26). The zero-order chi connectivity index (χ0) is 21.6. The molecular weight excluding hydrogens is 409 g/mol. The minimum Gasteiger partial charge on any atom is -0.481 e. The molecule has 0 radical (unpaired) electrons. The predicted octanol–water partition coefficient (Wildman–Crippen LogP) is 3.93. The third kappa shape index (κ3) is 4.12. The zero-order valence-electron chi connectivity index (χ0n) is 15.5. The van der Waals surface area contributed by atoms with Gasteiger partial charge in [0.1, 0.15) is 5.69 Å². The van der Waals surface area contributed by atoms with E-state index in [1.54, 1.807) is 19.9 Å². The van der Waals surface area contributed by atoms with Crippen molar-refractivity contribution in [3.63, 3.8) is 0 Å². The molecule has 0 aliphatic rings. The van der Waals surface area contributed by atoms with Gasteiger partial charge in [-0.25, -0.2) is 17.4 Å². The molecule has 154 valence electrons. The molecule has 0 unspecified atom stereocenters. The molecule has 0 atom stereocenters. The number of carboxylic acids is 1. The Balaban J connectivity index is 2.28. The molecular formula is C19H17F3N2O4S. The molecule has 2 heterocycles. The summed E-state index contributed by atoms with van der Waals surface area (Å²) in [6.45, 7) is 3.45. The highest BCUT2D eigenvalue weighted by Gasteiger charge is 2.33. The Bertz CT molecular complexity index is 1190. The lowest BCUT2D eigenvalue weighted by molar-refractivity contribution is -0.141. The zero-order valence-corrected chi connectivity index (χ0v) is 16.3. The number of fused-ring (bicyclic) bond motifs is 1. The summed E-state index contributed by atoms with van der Waals surface area (Å²) >= 11 is 0. The van der Waals surface area contributed by atoms with Crippen molar-refractivity contribution in [3.8, 4) is 0 Å². The third-order valence-electron chi connectivity index (χ3n) is 4.30. The number of carboxylic acid groups (broad SMARTS) is 1. The van der Waals surface area contributed by atoms with Crippen LogP contribution in [0.3, 0.4) is 0 Å². The van der Waals surface area contributed by atoms with Crippen LogP contribution in [0.1, 0.15) is 28.9 Å². The average molecular weight is 426 g/mol. The number of aromatic nitrogens is 2. The molecule has 2 aromatic heterocycles. The quantitative estimate of drug-likeness (QED) is 0.668. The second-order valence-electron chi connectivity index (χ2n) is 6.72. The number of hydrogen-bond donors (Lipinski definition) is 1. The summed E-state index contributed by atoms with van der Waals surface area (Å²) in [6.07, 6.45) is -5.26. The Morgan fingerprint density at radius 3 is 2.28 bits per heavy atom. The molecule has 0 bridgehead atoms. The van der Waals surface area contributed by atoms with E-state index in [4.69, 9.17) is 5.11 Å². The number of rotatable bonds is 5. The highest BCUT2D eigenvalue weighted by atomic mass is 32.2. The van der Waals surface area contributed by atoms with Crippen LogP contribution in [0.4, 0.5) is 13.2 Å². The number of halogens is 3. The molecule has 6 nitrogen and oxygen atoms in total. The molecule has 0 saturated heterocycles. The smallest absolute Gasteiger partial charge is 0.433 e. The van der Waals surface area contributed by atoms with Crippen LogP contribution >= 0.6 is 0 Å². The van der Waals surface area contributed by atoms with Gasteiger partial charge in [0.05, 0.1) is 22.3 Å². The Labute approximate surface area is 164 Å². The molecule has 1 aromatic carbocycles. The molecule has 0 spiro atoms. The molecule has 10 heteroatoms. The highest BCUT2D eigenvalue weighted by Crippen LogP contribution is 2.32. The lowest BCUT2D eigenvalue weighted by Crippen LogP contribution is -2.17. The lowest BCUT2D eigenvalue weighted by atomic mass is 10.2. The SMILES string of the molecule is Cc1cc(C)cc(S(=O)(=O)n2c(CCC(=O)O)cc3nc(C(F)(F)F)ccc32)c1. The second-order valence-corrected chi connectivity index (χ2v) is 8.51. The maximum Gasteiger partial charge on any atom is 0.433 e. The van der Waals surface area contributed by atoms with E-state index in [1.165, 1.54) is 18.2 Å². The molecule has 0 fully saturated rings. The lowest BCUT2D eigenvalue weighted by Gasteiger charge is -2.13. The maximum atomic E-state index is 13.3. The minimum atomic E-state index is -4.69. The van der Waals surface area contributed by atoms with Gasteiger partial charge in [-0.05, 0) is 61.7 Å². The van der Waals surface area contributed by atoms with Gasteiger partial charge in [0.15, 0.2) is 0 Å². The predicted molar refractivity (Wildman–Crippen MR) is 99.2 cm³/mol. The molecule has 0 aliphatic heterocycles. The van der Waals surface area contributed by atoms with E-state index in [0.717, 1.165) is 10.0 Å². The van der Waals surface area contributed by atoms with Crippen LogP contribution in [0, 0.1) is 13.8 Å².